The van der Waals surface area contributed by atoms with Crippen LogP contribution in [-0.2, 0) is 19.1 Å². The molecule has 0 radical (unpaired) electrons. The summed E-state index contributed by atoms with van der Waals surface area (Å²) >= 11 is 0. The highest BCUT2D eigenvalue weighted by atomic mass is 16.5. The standard InChI is InChI=1S/C27H38O6/c1-5-6-7-18-13-21-20-9-8-17-12-19(29)10-11-25(17,3)24(20)22(30)14-26(21,4)27(18,32)23(31)15-33-16(2)28/h10-12,18,20-22,24,30,32H,5-9,13-15H2,1-4H3/t18-,20-,21-,22-,24+,25-,26-,27-/m0/s1. The molecule has 3 fully saturated rings. The van der Waals surface area contributed by atoms with E-state index in [0.29, 0.717) is 6.42 Å². The molecule has 0 aliphatic heterocycles. The van der Waals surface area contributed by atoms with Crippen molar-refractivity contribution in [3.05, 3.63) is 23.8 Å². The van der Waals surface area contributed by atoms with E-state index in [2.05, 4.69) is 13.8 Å². The van der Waals surface area contributed by atoms with Crippen molar-refractivity contribution in [1.82, 2.24) is 0 Å². The minimum atomic E-state index is -1.64. The molecule has 182 valence electrons. The summed E-state index contributed by atoms with van der Waals surface area (Å²) in [7, 11) is 0. The van der Waals surface area contributed by atoms with Crippen LogP contribution in [0.2, 0.25) is 0 Å². The number of unbranched alkanes of at least 4 members (excludes halogenated alkanes) is 1. The Morgan fingerprint density at radius 3 is 2.67 bits per heavy atom. The van der Waals surface area contributed by atoms with Gasteiger partial charge in [-0.15, -0.1) is 0 Å². The molecule has 4 aliphatic rings. The maximum atomic E-state index is 13.4. The summed E-state index contributed by atoms with van der Waals surface area (Å²) in [6.45, 7) is 7.00. The maximum Gasteiger partial charge on any atom is 0.303 e. The van der Waals surface area contributed by atoms with Crippen LogP contribution in [0.5, 0.6) is 0 Å². The molecule has 3 saturated carbocycles. The van der Waals surface area contributed by atoms with Gasteiger partial charge in [-0.25, -0.2) is 0 Å². The van der Waals surface area contributed by atoms with Crippen LogP contribution < -0.4 is 0 Å². The number of esters is 1. The number of carbonyl (C=O) groups is 3. The zero-order valence-electron chi connectivity index (χ0n) is 20.3. The summed E-state index contributed by atoms with van der Waals surface area (Å²) < 4.78 is 5.03. The van der Waals surface area contributed by atoms with Crippen molar-refractivity contribution in [1.29, 1.82) is 0 Å². The van der Waals surface area contributed by atoms with Crippen LogP contribution in [0, 0.1) is 34.5 Å². The Kier molecular flexibility index (Phi) is 6.24. The zero-order chi connectivity index (χ0) is 24.2. The van der Waals surface area contributed by atoms with Crippen molar-refractivity contribution in [3.8, 4) is 0 Å². The van der Waals surface area contributed by atoms with E-state index in [1.165, 1.54) is 6.92 Å². The molecule has 6 heteroatoms. The van der Waals surface area contributed by atoms with E-state index in [9.17, 15) is 24.6 Å². The summed E-state index contributed by atoms with van der Waals surface area (Å²) in [5.41, 5.74) is -1.74. The lowest BCUT2D eigenvalue weighted by molar-refractivity contribution is -0.187. The lowest BCUT2D eigenvalue weighted by Crippen LogP contribution is -2.63. The smallest absolute Gasteiger partial charge is 0.303 e. The molecule has 0 unspecified atom stereocenters. The first-order valence-electron chi connectivity index (χ1n) is 12.5. The van der Waals surface area contributed by atoms with Crippen LogP contribution in [0.15, 0.2) is 23.8 Å². The van der Waals surface area contributed by atoms with Crippen molar-refractivity contribution < 1.29 is 29.3 Å². The molecule has 4 aliphatic carbocycles. The van der Waals surface area contributed by atoms with Gasteiger partial charge < -0.3 is 14.9 Å². The summed E-state index contributed by atoms with van der Waals surface area (Å²) in [4.78, 5) is 36.8. The highest BCUT2D eigenvalue weighted by molar-refractivity contribution is 6.01. The highest BCUT2D eigenvalue weighted by Gasteiger charge is 2.71. The molecule has 0 spiro atoms. The van der Waals surface area contributed by atoms with Gasteiger partial charge in [0.2, 0.25) is 5.78 Å². The fourth-order valence-corrected chi connectivity index (χ4v) is 8.09. The van der Waals surface area contributed by atoms with Crippen molar-refractivity contribution in [2.75, 3.05) is 6.61 Å². The van der Waals surface area contributed by atoms with Gasteiger partial charge in [-0.05, 0) is 62.0 Å². The van der Waals surface area contributed by atoms with Gasteiger partial charge in [-0.3, -0.25) is 14.4 Å². The van der Waals surface area contributed by atoms with Gasteiger partial charge in [0, 0.05) is 23.7 Å². The van der Waals surface area contributed by atoms with Crippen LogP contribution in [-0.4, -0.2) is 46.1 Å². The molecule has 0 bridgehead atoms. The molecule has 0 aromatic heterocycles. The number of ether oxygens (including phenoxy) is 1. The zero-order valence-corrected chi connectivity index (χ0v) is 20.3. The minimum Gasteiger partial charge on any atom is -0.458 e. The van der Waals surface area contributed by atoms with Gasteiger partial charge in [0.25, 0.3) is 0 Å². The van der Waals surface area contributed by atoms with Crippen molar-refractivity contribution in [2.45, 2.75) is 84.3 Å². The van der Waals surface area contributed by atoms with E-state index in [1.54, 1.807) is 12.2 Å². The third-order valence-electron chi connectivity index (χ3n) is 9.62. The molecule has 6 nitrogen and oxygen atoms in total. The molecule has 2 N–H and O–H groups in total. The van der Waals surface area contributed by atoms with Crippen molar-refractivity contribution in [3.63, 3.8) is 0 Å². The van der Waals surface area contributed by atoms with E-state index in [-0.39, 0.29) is 34.9 Å². The Balaban J connectivity index is 1.73. The first-order chi connectivity index (χ1) is 15.5. The number of rotatable bonds is 6. The number of hydrogen-bond donors (Lipinski definition) is 2. The molecule has 33 heavy (non-hydrogen) atoms. The number of Topliss-reactive ketones (excluding diaryl/α,β-unsaturated/α-hetero) is 1. The second-order valence-corrected chi connectivity index (χ2v) is 11.3. The Morgan fingerprint density at radius 1 is 1.27 bits per heavy atom. The summed E-state index contributed by atoms with van der Waals surface area (Å²) in [5, 5.41) is 23.7. The summed E-state index contributed by atoms with van der Waals surface area (Å²) in [6.07, 6.45) is 9.86. The minimum absolute atomic E-state index is 0.00185. The number of carbonyl (C=O) groups excluding carboxylic acids is 3. The lowest BCUT2D eigenvalue weighted by Gasteiger charge is -2.59. The van der Waals surface area contributed by atoms with Crippen LogP contribution in [0.3, 0.4) is 0 Å². The Hall–Kier alpha value is -1.79. The summed E-state index contributed by atoms with van der Waals surface area (Å²) in [6, 6.07) is 0. The second kappa shape index (κ2) is 8.46. The third kappa shape index (κ3) is 3.56. The van der Waals surface area contributed by atoms with Gasteiger partial charge in [0.1, 0.15) is 5.60 Å². The topological polar surface area (TPSA) is 101 Å². The number of ketones is 2. The molecular weight excluding hydrogens is 420 g/mol. The number of allylic oxidation sites excluding steroid dienone is 4. The average molecular weight is 459 g/mol. The van der Waals surface area contributed by atoms with Crippen LogP contribution in [0.1, 0.15) is 72.6 Å². The normalized spacial score (nSPS) is 43.9. The van der Waals surface area contributed by atoms with Crippen LogP contribution >= 0.6 is 0 Å². The fourth-order valence-electron chi connectivity index (χ4n) is 8.09. The van der Waals surface area contributed by atoms with Gasteiger partial charge in [-0.1, -0.05) is 45.3 Å². The molecule has 8 atom stereocenters. The van der Waals surface area contributed by atoms with E-state index in [4.69, 9.17) is 4.74 Å². The molecule has 0 heterocycles. The lowest BCUT2D eigenvalue weighted by atomic mass is 9.46. The average Bonchev–Trinajstić information content (AvgIpc) is 2.98. The first kappa shape index (κ1) is 24.3. The largest absolute Gasteiger partial charge is 0.458 e. The molecule has 0 aromatic carbocycles. The van der Waals surface area contributed by atoms with Crippen LogP contribution in [0.4, 0.5) is 0 Å². The number of aliphatic hydroxyl groups excluding tert-OH is 1. The van der Waals surface area contributed by atoms with E-state index in [0.717, 1.165) is 44.1 Å². The molecule has 0 aromatic rings. The van der Waals surface area contributed by atoms with Crippen molar-refractivity contribution in [2.24, 2.45) is 34.5 Å². The maximum absolute atomic E-state index is 13.4. The van der Waals surface area contributed by atoms with Gasteiger partial charge in [0.05, 0.1) is 6.10 Å². The molecule has 0 saturated heterocycles. The van der Waals surface area contributed by atoms with E-state index in [1.807, 2.05) is 13.0 Å². The third-order valence-corrected chi connectivity index (χ3v) is 9.62. The number of hydrogen-bond acceptors (Lipinski definition) is 6. The van der Waals surface area contributed by atoms with E-state index >= 15 is 0 Å². The first-order valence-corrected chi connectivity index (χ1v) is 12.5. The molecule has 4 rings (SSSR count). The number of aliphatic hydroxyl groups is 2. The highest BCUT2D eigenvalue weighted by Crippen LogP contribution is 2.68. The Bertz CT molecular complexity index is 904. The predicted molar refractivity (Wildman–Crippen MR) is 123 cm³/mol. The predicted octanol–water partition coefficient (Wildman–Crippen LogP) is 3.54. The van der Waals surface area contributed by atoms with Gasteiger partial charge in [-0.2, -0.15) is 0 Å². The van der Waals surface area contributed by atoms with E-state index < -0.39 is 35.5 Å². The Labute approximate surface area is 196 Å². The monoisotopic (exact) mass is 458 g/mol. The SMILES string of the molecule is CCCC[C@H]1C[C@H]2[C@@H]3CCC4=CC(=O)C=C[C@]4(C)[C@H]3[C@@H](O)C[C@]2(C)[C@@]1(O)C(=O)COC(C)=O. The molecule has 0 amide bonds. The second-order valence-electron chi connectivity index (χ2n) is 11.3. The van der Waals surface area contributed by atoms with Crippen LogP contribution in [0.25, 0.3) is 0 Å². The summed E-state index contributed by atoms with van der Waals surface area (Å²) in [5.74, 6) is -1.06. The number of fused-ring (bicyclic) bond motifs is 5. The van der Waals surface area contributed by atoms with Gasteiger partial charge in [0.15, 0.2) is 12.4 Å². The van der Waals surface area contributed by atoms with Crippen molar-refractivity contribution >= 4 is 17.5 Å². The molecular formula is C27H38O6. The van der Waals surface area contributed by atoms with Gasteiger partial charge >= 0.3 is 5.97 Å². The quantitative estimate of drug-likeness (QED) is 0.591. The Morgan fingerprint density at radius 2 is 2.00 bits per heavy atom. The fraction of sp³-hybridized carbons (Fsp3) is 0.741.